The zero-order valence-corrected chi connectivity index (χ0v) is 5.40. The van der Waals surface area contributed by atoms with Crippen LogP contribution < -0.4 is 10.5 Å². The van der Waals surface area contributed by atoms with E-state index in [4.69, 9.17) is 5.73 Å². The van der Waals surface area contributed by atoms with Crippen molar-refractivity contribution in [1.29, 1.82) is 0 Å². The van der Waals surface area contributed by atoms with Crippen molar-refractivity contribution < 1.29 is 9.59 Å². The highest BCUT2D eigenvalue weighted by molar-refractivity contribution is 7.98. The van der Waals surface area contributed by atoms with Gasteiger partial charge in [0.05, 0.1) is 0 Å². The fourth-order valence-corrected chi connectivity index (χ4v) is 1.40. The van der Waals surface area contributed by atoms with Crippen LogP contribution in [0.15, 0.2) is 0 Å². The van der Waals surface area contributed by atoms with Gasteiger partial charge in [0.1, 0.15) is 5.92 Å². The molecule has 0 bridgehead atoms. The van der Waals surface area contributed by atoms with Crippen LogP contribution in [0.5, 0.6) is 0 Å². The number of carbonyl (C=O) groups excluding carboxylic acids is 2. The molecule has 2 amide bonds. The lowest BCUT2D eigenvalue weighted by Crippen LogP contribution is -2.31. The first-order chi connectivity index (χ1) is 4.22. The molecule has 9 heavy (non-hydrogen) atoms. The van der Waals surface area contributed by atoms with Crippen LogP contribution in [-0.4, -0.2) is 17.6 Å². The van der Waals surface area contributed by atoms with Crippen molar-refractivity contribution in [3.8, 4) is 0 Å². The van der Waals surface area contributed by atoms with Crippen molar-refractivity contribution in [2.45, 2.75) is 0 Å². The topological polar surface area (TPSA) is 72.2 Å². The Kier molecular flexibility index (Phi) is 1.61. The molecule has 0 aromatic carbocycles. The molecule has 1 saturated heterocycles. The third-order valence-electron chi connectivity index (χ3n) is 1.08. The highest BCUT2D eigenvalue weighted by Gasteiger charge is 2.29. The van der Waals surface area contributed by atoms with E-state index in [0.717, 1.165) is 0 Å². The van der Waals surface area contributed by atoms with Crippen LogP contribution in [0, 0.1) is 5.92 Å². The van der Waals surface area contributed by atoms with Crippen LogP contribution in [0.4, 0.5) is 0 Å². The largest absolute Gasteiger partial charge is 0.369 e. The zero-order valence-electron chi connectivity index (χ0n) is 4.59. The van der Waals surface area contributed by atoms with E-state index in [1.807, 2.05) is 0 Å². The molecule has 0 spiro atoms. The lowest BCUT2D eigenvalue weighted by Gasteiger charge is -1.95. The summed E-state index contributed by atoms with van der Waals surface area (Å²) in [5.74, 6) is -0.964. The van der Waals surface area contributed by atoms with Crippen LogP contribution in [0.1, 0.15) is 0 Å². The molecule has 50 valence electrons. The van der Waals surface area contributed by atoms with E-state index in [1.165, 1.54) is 11.9 Å². The van der Waals surface area contributed by atoms with E-state index in [2.05, 4.69) is 4.72 Å². The molecule has 1 atom stereocenters. The average Bonchev–Trinajstić information content (AvgIpc) is 2.13. The third kappa shape index (κ3) is 1.16. The number of rotatable bonds is 1. The molecule has 1 rings (SSSR count). The standard InChI is InChI=1S/C4H6N2O2S/c5-3(7)2-1-9-6-4(2)8/h2H,1H2,(H2,5,7)(H,6,8). The fourth-order valence-electron chi connectivity index (χ4n) is 0.554. The van der Waals surface area contributed by atoms with Crippen LogP contribution >= 0.6 is 11.9 Å². The maximum Gasteiger partial charge on any atom is 0.243 e. The summed E-state index contributed by atoms with van der Waals surface area (Å²) in [4.78, 5) is 20.9. The smallest absolute Gasteiger partial charge is 0.243 e. The van der Waals surface area contributed by atoms with Crippen LogP contribution in [0.2, 0.25) is 0 Å². The Labute approximate surface area is 56.3 Å². The summed E-state index contributed by atoms with van der Waals surface area (Å²) in [5, 5.41) is 0. The van der Waals surface area contributed by atoms with Gasteiger partial charge in [-0.15, -0.1) is 0 Å². The molecule has 1 fully saturated rings. The third-order valence-corrected chi connectivity index (χ3v) is 1.93. The molecule has 0 aliphatic carbocycles. The number of nitrogens with two attached hydrogens (primary N) is 1. The Balaban J connectivity index is 2.60. The van der Waals surface area contributed by atoms with Crippen LogP contribution in [-0.2, 0) is 9.59 Å². The molecule has 1 unspecified atom stereocenters. The van der Waals surface area contributed by atoms with E-state index >= 15 is 0 Å². The molecule has 0 saturated carbocycles. The second-order valence-corrected chi connectivity index (χ2v) is 2.56. The van der Waals surface area contributed by atoms with Crippen LogP contribution in [0.3, 0.4) is 0 Å². The predicted molar refractivity (Wildman–Crippen MR) is 33.3 cm³/mol. The first-order valence-electron chi connectivity index (χ1n) is 2.43. The Bertz CT molecular complexity index is 159. The number of carbonyl (C=O) groups is 2. The zero-order chi connectivity index (χ0) is 6.85. The highest BCUT2D eigenvalue weighted by Crippen LogP contribution is 2.13. The van der Waals surface area contributed by atoms with Gasteiger partial charge in [-0.05, 0) is 11.9 Å². The van der Waals surface area contributed by atoms with Crippen molar-refractivity contribution in [2.75, 3.05) is 5.75 Å². The minimum atomic E-state index is -0.616. The minimum absolute atomic E-state index is 0.271. The minimum Gasteiger partial charge on any atom is -0.369 e. The first-order valence-corrected chi connectivity index (χ1v) is 3.41. The van der Waals surface area contributed by atoms with Crippen molar-refractivity contribution in [3.63, 3.8) is 0 Å². The van der Waals surface area contributed by atoms with Gasteiger partial charge in [-0.2, -0.15) is 0 Å². The highest BCUT2D eigenvalue weighted by atomic mass is 32.2. The van der Waals surface area contributed by atoms with Crippen molar-refractivity contribution in [1.82, 2.24) is 4.72 Å². The summed E-state index contributed by atoms with van der Waals surface area (Å²) in [7, 11) is 0. The van der Waals surface area contributed by atoms with E-state index in [1.54, 1.807) is 0 Å². The van der Waals surface area contributed by atoms with Gasteiger partial charge in [0.15, 0.2) is 0 Å². The van der Waals surface area contributed by atoms with Crippen molar-refractivity contribution in [2.24, 2.45) is 11.7 Å². The normalized spacial score (nSPS) is 25.8. The van der Waals surface area contributed by atoms with Gasteiger partial charge >= 0.3 is 0 Å². The molecular weight excluding hydrogens is 140 g/mol. The van der Waals surface area contributed by atoms with Crippen LogP contribution in [0.25, 0.3) is 0 Å². The molecule has 1 aliphatic rings. The van der Waals surface area contributed by atoms with Gasteiger partial charge in [0.25, 0.3) is 0 Å². The molecule has 0 aromatic rings. The molecule has 1 aliphatic heterocycles. The van der Waals surface area contributed by atoms with Gasteiger partial charge in [-0.3, -0.25) is 14.3 Å². The summed E-state index contributed by atoms with van der Waals surface area (Å²) >= 11 is 1.22. The summed E-state index contributed by atoms with van der Waals surface area (Å²) in [6, 6.07) is 0. The van der Waals surface area contributed by atoms with Gasteiger partial charge < -0.3 is 5.73 Å². The van der Waals surface area contributed by atoms with E-state index in [0.29, 0.717) is 5.75 Å². The number of nitrogens with one attached hydrogen (secondary N) is 1. The first kappa shape index (κ1) is 6.41. The van der Waals surface area contributed by atoms with E-state index in [9.17, 15) is 9.59 Å². The molecule has 5 heteroatoms. The maximum atomic E-state index is 10.6. The average molecular weight is 146 g/mol. The number of amides is 2. The van der Waals surface area contributed by atoms with Crippen molar-refractivity contribution in [3.05, 3.63) is 0 Å². The fraction of sp³-hybridized carbons (Fsp3) is 0.500. The summed E-state index contributed by atoms with van der Waals surface area (Å²) in [6.07, 6.45) is 0. The van der Waals surface area contributed by atoms with Gasteiger partial charge in [0.2, 0.25) is 11.8 Å². The predicted octanol–water partition coefficient (Wildman–Crippen LogP) is -1.13. The number of primary amides is 1. The lowest BCUT2D eigenvalue weighted by molar-refractivity contribution is -0.130. The second-order valence-electron chi connectivity index (χ2n) is 1.73. The summed E-state index contributed by atoms with van der Waals surface area (Å²) < 4.78 is 2.43. The molecule has 1 heterocycles. The molecule has 0 aromatic heterocycles. The second kappa shape index (κ2) is 2.26. The Morgan fingerprint density at radius 1 is 1.89 bits per heavy atom. The molecule has 4 nitrogen and oxygen atoms in total. The molecule has 3 N–H and O–H groups in total. The Morgan fingerprint density at radius 3 is 2.78 bits per heavy atom. The Hall–Kier alpha value is -0.710. The van der Waals surface area contributed by atoms with E-state index < -0.39 is 11.8 Å². The van der Waals surface area contributed by atoms with Crippen molar-refractivity contribution >= 4 is 23.8 Å². The molecule has 0 radical (unpaired) electrons. The number of hydrogen-bond donors (Lipinski definition) is 2. The Morgan fingerprint density at radius 2 is 2.56 bits per heavy atom. The van der Waals surface area contributed by atoms with Gasteiger partial charge in [0, 0.05) is 5.75 Å². The lowest BCUT2D eigenvalue weighted by atomic mass is 10.2. The van der Waals surface area contributed by atoms with E-state index in [-0.39, 0.29) is 5.91 Å². The van der Waals surface area contributed by atoms with Gasteiger partial charge in [-0.25, -0.2) is 0 Å². The SMILES string of the molecule is NC(=O)C1CSNC1=O. The monoisotopic (exact) mass is 146 g/mol. The van der Waals surface area contributed by atoms with Gasteiger partial charge in [-0.1, -0.05) is 0 Å². The summed E-state index contributed by atoms with van der Waals surface area (Å²) in [5.41, 5.74) is 4.88. The maximum absolute atomic E-state index is 10.6. The summed E-state index contributed by atoms with van der Waals surface area (Å²) in [6.45, 7) is 0. The quantitative estimate of drug-likeness (QED) is 0.363. The number of hydrogen-bond acceptors (Lipinski definition) is 3. The molecular formula is C4H6N2O2S.